The van der Waals surface area contributed by atoms with Crippen molar-refractivity contribution in [2.75, 3.05) is 39.0 Å². The molecular formula is C16H24N2O3S. The Bertz CT molecular complexity index is 576. The van der Waals surface area contributed by atoms with Crippen LogP contribution in [0.2, 0.25) is 0 Å². The van der Waals surface area contributed by atoms with Crippen molar-refractivity contribution in [3.63, 3.8) is 0 Å². The summed E-state index contributed by atoms with van der Waals surface area (Å²) in [5.74, 6) is 1.01. The molecule has 122 valence electrons. The largest absolute Gasteiger partial charge is 0.497 e. The van der Waals surface area contributed by atoms with Gasteiger partial charge in [-0.1, -0.05) is 18.2 Å². The molecule has 22 heavy (non-hydrogen) atoms. The van der Waals surface area contributed by atoms with Gasteiger partial charge in [-0.05, 0) is 24.1 Å². The zero-order chi connectivity index (χ0) is 16.0. The smallest absolute Gasteiger partial charge is 0.214 e. The quantitative estimate of drug-likeness (QED) is 0.717. The predicted molar refractivity (Wildman–Crippen MR) is 88.4 cm³/mol. The summed E-state index contributed by atoms with van der Waals surface area (Å²) in [5.41, 5.74) is 1.21. The summed E-state index contributed by atoms with van der Waals surface area (Å²) in [6.45, 7) is 7.07. The summed E-state index contributed by atoms with van der Waals surface area (Å²) >= 11 is 0. The molecule has 0 saturated carbocycles. The van der Waals surface area contributed by atoms with E-state index in [2.05, 4.69) is 11.5 Å². The Labute approximate surface area is 133 Å². The van der Waals surface area contributed by atoms with E-state index in [1.54, 1.807) is 17.5 Å². The lowest BCUT2D eigenvalue weighted by molar-refractivity contribution is 0.181. The minimum absolute atomic E-state index is 0.162. The van der Waals surface area contributed by atoms with Crippen molar-refractivity contribution in [2.24, 2.45) is 0 Å². The van der Waals surface area contributed by atoms with Crippen molar-refractivity contribution >= 4 is 10.0 Å². The Morgan fingerprint density at radius 2 is 1.82 bits per heavy atom. The van der Waals surface area contributed by atoms with Crippen molar-refractivity contribution in [1.29, 1.82) is 0 Å². The number of allylic oxidation sites excluding steroid dienone is 1. The fraction of sp³-hybridized carbons (Fsp3) is 0.500. The maximum absolute atomic E-state index is 12.1. The summed E-state index contributed by atoms with van der Waals surface area (Å²) in [6, 6.07) is 7.99. The number of nitrogens with zero attached hydrogens (tertiary/aromatic N) is 2. The second-order valence-electron chi connectivity index (χ2n) is 5.42. The van der Waals surface area contributed by atoms with E-state index in [1.165, 1.54) is 5.56 Å². The third-order valence-electron chi connectivity index (χ3n) is 3.87. The molecule has 1 fully saturated rings. The van der Waals surface area contributed by atoms with Gasteiger partial charge in [-0.2, -0.15) is 4.31 Å². The van der Waals surface area contributed by atoms with Crippen LogP contribution in [0.25, 0.3) is 0 Å². The van der Waals surface area contributed by atoms with E-state index >= 15 is 0 Å². The summed E-state index contributed by atoms with van der Waals surface area (Å²) in [7, 11) is -1.48. The molecule has 6 heteroatoms. The first kappa shape index (κ1) is 17.0. The molecule has 1 heterocycles. The van der Waals surface area contributed by atoms with Crippen LogP contribution in [0.1, 0.15) is 12.0 Å². The molecular weight excluding hydrogens is 300 g/mol. The highest BCUT2D eigenvalue weighted by atomic mass is 32.2. The average Bonchev–Trinajstić information content (AvgIpc) is 2.54. The van der Waals surface area contributed by atoms with Crippen LogP contribution >= 0.6 is 0 Å². The first-order valence-electron chi connectivity index (χ1n) is 7.49. The number of piperazine rings is 1. The predicted octanol–water partition coefficient (Wildman–Crippen LogP) is 1.72. The van der Waals surface area contributed by atoms with E-state index in [-0.39, 0.29) is 5.75 Å². The minimum atomic E-state index is -3.13. The Hall–Kier alpha value is -1.37. The van der Waals surface area contributed by atoms with Gasteiger partial charge < -0.3 is 4.74 Å². The molecule has 0 spiro atoms. The molecule has 0 N–H and O–H groups in total. The Morgan fingerprint density at radius 3 is 2.36 bits per heavy atom. The van der Waals surface area contributed by atoms with Gasteiger partial charge >= 0.3 is 0 Å². The lowest BCUT2D eigenvalue weighted by Crippen LogP contribution is -2.48. The number of rotatable bonds is 7. The molecule has 0 aromatic heterocycles. The Morgan fingerprint density at radius 1 is 1.18 bits per heavy atom. The minimum Gasteiger partial charge on any atom is -0.497 e. The van der Waals surface area contributed by atoms with Crippen LogP contribution in [0.4, 0.5) is 0 Å². The summed E-state index contributed by atoms with van der Waals surface area (Å²) in [5, 5.41) is 0. The van der Waals surface area contributed by atoms with E-state index in [4.69, 9.17) is 4.74 Å². The highest BCUT2D eigenvalue weighted by Gasteiger charge is 2.26. The number of ether oxygens (including phenoxy) is 1. The van der Waals surface area contributed by atoms with E-state index in [0.29, 0.717) is 19.5 Å². The second kappa shape index (κ2) is 7.76. The van der Waals surface area contributed by atoms with Crippen molar-refractivity contribution in [3.05, 3.63) is 42.5 Å². The van der Waals surface area contributed by atoms with E-state index in [9.17, 15) is 8.42 Å². The molecule has 0 aliphatic carbocycles. The van der Waals surface area contributed by atoms with Crippen LogP contribution < -0.4 is 4.74 Å². The third kappa shape index (κ3) is 4.56. The SMILES string of the molecule is C=CCCS(=O)(=O)N1CCN(Cc2ccc(OC)cc2)CC1. The maximum atomic E-state index is 12.1. The molecule has 0 unspecified atom stereocenters. The van der Waals surface area contributed by atoms with Crippen molar-refractivity contribution in [2.45, 2.75) is 13.0 Å². The first-order valence-corrected chi connectivity index (χ1v) is 9.10. The normalized spacial score (nSPS) is 17.3. The van der Waals surface area contributed by atoms with Crippen LogP contribution in [-0.2, 0) is 16.6 Å². The molecule has 1 saturated heterocycles. The van der Waals surface area contributed by atoms with Gasteiger partial charge in [0, 0.05) is 32.7 Å². The van der Waals surface area contributed by atoms with Crippen LogP contribution in [0, 0.1) is 0 Å². The molecule has 0 radical (unpaired) electrons. The van der Waals surface area contributed by atoms with Crippen LogP contribution in [0.15, 0.2) is 36.9 Å². The topological polar surface area (TPSA) is 49.9 Å². The highest BCUT2D eigenvalue weighted by molar-refractivity contribution is 7.89. The van der Waals surface area contributed by atoms with Gasteiger partial charge in [0.2, 0.25) is 10.0 Å². The zero-order valence-corrected chi connectivity index (χ0v) is 13.9. The molecule has 1 aromatic rings. The fourth-order valence-electron chi connectivity index (χ4n) is 2.52. The van der Waals surface area contributed by atoms with Gasteiger partial charge in [-0.3, -0.25) is 4.90 Å². The second-order valence-corrected chi connectivity index (χ2v) is 7.51. The van der Waals surface area contributed by atoms with Crippen LogP contribution in [-0.4, -0.2) is 56.7 Å². The molecule has 2 rings (SSSR count). The van der Waals surface area contributed by atoms with Gasteiger partial charge in [0.15, 0.2) is 0 Å². The fourth-order valence-corrected chi connectivity index (χ4v) is 3.96. The number of sulfonamides is 1. The number of hydrogen-bond acceptors (Lipinski definition) is 4. The van der Waals surface area contributed by atoms with Crippen LogP contribution in [0.3, 0.4) is 0 Å². The summed E-state index contributed by atoms with van der Waals surface area (Å²) in [6.07, 6.45) is 2.16. The number of benzene rings is 1. The van der Waals surface area contributed by atoms with Crippen LogP contribution in [0.5, 0.6) is 5.75 Å². The lowest BCUT2D eigenvalue weighted by atomic mass is 10.2. The number of methoxy groups -OCH3 is 1. The maximum Gasteiger partial charge on any atom is 0.214 e. The highest BCUT2D eigenvalue weighted by Crippen LogP contribution is 2.15. The first-order chi connectivity index (χ1) is 10.5. The van der Waals surface area contributed by atoms with Gasteiger partial charge in [0.25, 0.3) is 0 Å². The zero-order valence-electron chi connectivity index (χ0n) is 13.1. The molecule has 0 atom stereocenters. The Balaban J connectivity index is 1.85. The molecule has 0 bridgehead atoms. The van der Waals surface area contributed by atoms with E-state index in [0.717, 1.165) is 25.4 Å². The van der Waals surface area contributed by atoms with Gasteiger partial charge in [0.1, 0.15) is 5.75 Å². The monoisotopic (exact) mass is 324 g/mol. The third-order valence-corrected chi connectivity index (χ3v) is 5.77. The number of hydrogen-bond donors (Lipinski definition) is 0. The average molecular weight is 324 g/mol. The van der Waals surface area contributed by atoms with Gasteiger partial charge in [-0.25, -0.2) is 8.42 Å². The van der Waals surface area contributed by atoms with E-state index in [1.807, 2.05) is 24.3 Å². The molecule has 1 aliphatic rings. The van der Waals surface area contributed by atoms with Gasteiger partial charge in [-0.15, -0.1) is 6.58 Å². The molecule has 1 aromatic carbocycles. The standard InChI is InChI=1S/C16H24N2O3S/c1-3-4-13-22(19,20)18-11-9-17(10-12-18)14-15-5-7-16(21-2)8-6-15/h3,5-8H,1,4,9-14H2,2H3. The lowest BCUT2D eigenvalue weighted by Gasteiger charge is -2.34. The summed E-state index contributed by atoms with van der Waals surface area (Å²) < 4.78 is 31.0. The molecule has 0 amide bonds. The van der Waals surface area contributed by atoms with Crippen molar-refractivity contribution < 1.29 is 13.2 Å². The van der Waals surface area contributed by atoms with Gasteiger partial charge in [0.05, 0.1) is 12.9 Å². The van der Waals surface area contributed by atoms with Crippen molar-refractivity contribution in [3.8, 4) is 5.75 Å². The van der Waals surface area contributed by atoms with Crippen molar-refractivity contribution in [1.82, 2.24) is 9.21 Å². The Kier molecular flexibility index (Phi) is 5.99. The van der Waals surface area contributed by atoms with E-state index < -0.39 is 10.0 Å². The molecule has 5 nitrogen and oxygen atoms in total. The summed E-state index contributed by atoms with van der Waals surface area (Å²) in [4.78, 5) is 2.28. The molecule has 1 aliphatic heterocycles.